The lowest BCUT2D eigenvalue weighted by Gasteiger charge is -2.16. The number of hydrazine groups is 1. The number of carboxylic acids is 1. The van der Waals surface area contributed by atoms with Crippen molar-refractivity contribution in [1.82, 2.24) is 9.84 Å². The number of hydrogen-bond acceptors (Lipinski definition) is 4. The van der Waals surface area contributed by atoms with Gasteiger partial charge in [0.2, 0.25) is 16.4 Å². The second-order valence-electron chi connectivity index (χ2n) is 5.84. The van der Waals surface area contributed by atoms with Crippen molar-refractivity contribution in [3.63, 3.8) is 0 Å². The molecule has 0 aliphatic heterocycles. The topological polar surface area (TPSA) is 104 Å². The van der Waals surface area contributed by atoms with Gasteiger partial charge in [-0.15, -0.1) is 4.83 Å². The number of carbonyl (C=O) groups is 2. The fourth-order valence-electron chi connectivity index (χ4n) is 2.31. The second-order valence-corrected chi connectivity index (χ2v) is 7.57. The standard InChI is InChI=1S/C15H30N2O5S/c1-23(21,22)16-17(14-18)13-11-9-7-5-3-2-4-6-8-10-12-15(19)20/h14,16H,2-13H2,1H3,(H,19,20). The van der Waals surface area contributed by atoms with Gasteiger partial charge in [-0.25, -0.2) is 8.42 Å². The molecule has 0 aromatic carbocycles. The fraction of sp³-hybridized carbons (Fsp3) is 0.867. The highest BCUT2D eigenvalue weighted by Crippen LogP contribution is 2.11. The van der Waals surface area contributed by atoms with Gasteiger partial charge in [0.15, 0.2) is 0 Å². The lowest BCUT2D eigenvalue weighted by atomic mass is 10.1. The van der Waals surface area contributed by atoms with E-state index in [1.54, 1.807) is 0 Å². The summed E-state index contributed by atoms with van der Waals surface area (Å²) >= 11 is 0. The number of sulfonamides is 1. The first kappa shape index (κ1) is 21.9. The molecule has 0 saturated carbocycles. The van der Waals surface area contributed by atoms with E-state index in [1.807, 2.05) is 0 Å². The van der Waals surface area contributed by atoms with Crippen LogP contribution in [0, 0.1) is 0 Å². The van der Waals surface area contributed by atoms with Crippen molar-refractivity contribution >= 4 is 22.4 Å². The highest BCUT2D eigenvalue weighted by atomic mass is 32.2. The summed E-state index contributed by atoms with van der Waals surface area (Å²) in [6.07, 6.45) is 12.1. The highest BCUT2D eigenvalue weighted by Gasteiger charge is 2.07. The van der Waals surface area contributed by atoms with Crippen molar-refractivity contribution in [1.29, 1.82) is 0 Å². The molecule has 0 aromatic heterocycles. The van der Waals surface area contributed by atoms with Crippen LogP contribution in [0.15, 0.2) is 0 Å². The van der Waals surface area contributed by atoms with Crippen molar-refractivity contribution in [3.05, 3.63) is 0 Å². The summed E-state index contributed by atoms with van der Waals surface area (Å²) in [6.45, 7) is 0.389. The lowest BCUT2D eigenvalue weighted by molar-refractivity contribution is -0.137. The molecule has 0 fully saturated rings. The zero-order chi connectivity index (χ0) is 17.6. The number of nitrogens with one attached hydrogen (secondary N) is 1. The average Bonchev–Trinajstić information content (AvgIpc) is 2.45. The summed E-state index contributed by atoms with van der Waals surface area (Å²) in [5.41, 5.74) is 0. The highest BCUT2D eigenvalue weighted by molar-refractivity contribution is 7.88. The molecule has 0 aliphatic carbocycles. The Hall–Kier alpha value is -1.15. The van der Waals surface area contributed by atoms with Crippen LogP contribution in [0.5, 0.6) is 0 Å². The Bertz CT molecular complexity index is 426. The molecule has 0 saturated heterocycles. The number of hydrogen-bond donors (Lipinski definition) is 2. The van der Waals surface area contributed by atoms with Crippen molar-refractivity contribution in [3.8, 4) is 0 Å². The molecule has 0 radical (unpaired) electrons. The molecule has 0 bridgehead atoms. The van der Waals surface area contributed by atoms with Gasteiger partial charge in [-0.2, -0.15) is 0 Å². The summed E-state index contributed by atoms with van der Waals surface area (Å²) in [4.78, 5) is 23.2. The Balaban J connectivity index is 3.36. The number of nitrogens with zero attached hydrogens (tertiary/aromatic N) is 1. The number of carbonyl (C=O) groups excluding carboxylic acids is 1. The van der Waals surface area contributed by atoms with Crippen molar-refractivity contribution in [2.75, 3.05) is 12.8 Å². The lowest BCUT2D eigenvalue weighted by Crippen LogP contribution is -2.41. The van der Waals surface area contributed by atoms with Gasteiger partial charge >= 0.3 is 5.97 Å². The molecule has 0 heterocycles. The van der Waals surface area contributed by atoms with Crippen molar-refractivity contribution in [2.24, 2.45) is 0 Å². The molecule has 2 N–H and O–H groups in total. The van der Waals surface area contributed by atoms with Gasteiger partial charge in [0.05, 0.1) is 6.26 Å². The zero-order valence-corrected chi connectivity index (χ0v) is 14.8. The third-order valence-electron chi connectivity index (χ3n) is 3.45. The summed E-state index contributed by atoms with van der Waals surface area (Å²) in [7, 11) is -3.39. The molecular formula is C15H30N2O5S. The molecule has 8 heteroatoms. The van der Waals surface area contributed by atoms with E-state index in [2.05, 4.69) is 4.83 Å². The zero-order valence-electron chi connectivity index (χ0n) is 14.0. The van der Waals surface area contributed by atoms with E-state index in [-0.39, 0.29) is 6.42 Å². The monoisotopic (exact) mass is 350 g/mol. The summed E-state index contributed by atoms with van der Waals surface area (Å²) in [5, 5.41) is 9.57. The summed E-state index contributed by atoms with van der Waals surface area (Å²) in [6, 6.07) is 0. The van der Waals surface area contributed by atoms with Crippen LogP contribution in [-0.2, 0) is 19.6 Å². The maximum Gasteiger partial charge on any atom is 0.303 e. The van der Waals surface area contributed by atoms with Crippen molar-refractivity contribution < 1.29 is 23.1 Å². The smallest absolute Gasteiger partial charge is 0.303 e. The fourth-order valence-corrected chi connectivity index (χ4v) is 2.87. The number of carboxylic acid groups (broad SMARTS) is 1. The Labute approximate surface area is 139 Å². The Morgan fingerprint density at radius 1 is 0.957 bits per heavy atom. The molecule has 136 valence electrons. The van der Waals surface area contributed by atoms with Gasteiger partial charge in [0, 0.05) is 13.0 Å². The Kier molecular flexibility index (Phi) is 12.6. The van der Waals surface area contributed by atoms with E-state index in [1.165, 1.54) is 6.42 Å². The van der Waals surface area contributed by atoms with Crippen LogP contribution >= 0.6 is 0 Å². The van der Waals surface area contributed by atoms with E-state index in [0.29, 0.717) is 13.0 Å². The third kappa shape index (κ3) is 17.0. The first-order valence-electron chi connectivity index (χ1n) is 8.26. The predicted octanol–water partition coefficient (Wildman–Crippen LogP) is 2.28. The average molecular weight is 350 g/mol. The number of amides is 1. The maximum atomic E-state index is 11.0. The van der Waals surface area contributed by atoms with Gasteiger partial charge in [0.1, 0.15) is 0 Å². The minimum absolute atomic E-state index is 0.270. The predicted molar refractivity (Wildman–Crippen MR) is 89.2 cm³/mol. The van der Waals surface area contributed by atoms with Crippen LogP contribution in [-0.4, -0.2) is 43.7 Å². The quantitative estimate of drug-likeness (QED) is 0.252. The van der Waals surface area contributed by atoms with Crippen molar-refractivity contribution in [2.45, 2.75) is 70.6 Å². The molecule has 23 heavy (non-hydrogen) atoms. The SMILES string of the molecule is CS(=O)(=O)NN(C=O)CCCCCCCCCCCCC(=O)O. The van der Waals surface area contributed by atoms with Gasteiger partial charge in [-0.1, -0.05) is 51.4 Å². The minimum Gasteiger partial charge on any atom is -0.481 e. The molecule has 0 atom stereocenters. The van der Waals surface area contributed by atoms with E-state index < -0.39 is 16.0 Å². The molecule has 0 spiro atoms. The first-order valence-corrected chi connectivity index (χ1v) is 10.2. The Morgan fingerprint density at radius 3 is 1.78 bits per heavy atom. The van der Waals surface area contributed by atoms with E-state index >= 15 is 0 Å². The van der Waals surface area contributed by atoms with Crippen LogP contribution in [0.4, 0.5) is 0 Å². The van der Waals surface area contributed by atoms with Crippen LogP contribution in [0.3, 0.4) is 0 Å². The van der Waals surface area contributed by atoms with E-state index in [9.17, 15) is 18.0 Å². The number of aliphatic carboxylic acids is 1. The number of unbranched alkanes of at least 4 members (excludes halogenated alkanes) is 9. The summed E-state index contributed by atoms with van der Waals surface area (Å²) in [5.74, 6) is -0.718. The Morgan fingerprint density at radius 2 is 1.39 bits per heavy atom. The minimum atomic E-state index is -3.39. The molecule has 1 amide bonds. The summed E-state index contributed by atoms with van der Waals surface area (Å²) < 4.78 is 22.0. The van der Waals surface area contributed by atoms with Gasteiger partial charge in [0.25, 0.3) is 0 Å². The molecular weight excluding hydrogens is 320 g/mol. The molecule has 0 rings (SSSR count). The molecule has 0 aliphatic rings. The van der Waals surface area contributed by atoms with Crippen LogP contribution in [0.2, 0.25) is 0 Å². The molecule has 0 unspecified atom stereocenters. The van der Waals surface area contributed by atoms with Crippen LogP contribution in [0.25, 0.3) is 0 Å². The van der Waals surface area contributed by atoms with E-state index in [4.69, 9.17) is 5.11 Å². The number of rotatable bonds is 16. The van der Waals surface area contributed by atoms with Crippen LogP contribution < -0.4 is 4.83 Å². The third-order valence-corrected chi connectivity index (χ3v) is 4.02. The normalized spacial score (nSPS) is 11.3. The van der Waals surface area contributed by atoms with Crippen LogP contribution in [0.1, 0.15) is 70.6 Å². The van der Waals surface area contributed by atoms with Gasteiger partial charge in [-0.3, -0.25) is 14.6 Å². The molecule has 7 nitrogen and oxygen atoms in total. The second kappa shape index (κ2) is 13.3. The van der Waals surface area contributed by atoms with E-state index in [0.717, 1.165) is 69.1 Å². The molecule has 0 aromatic rings. The first-order chi connectivity index (χ1) is 10.8. The largest absolute Gasteiger partial charge is 0.481 e. The maximum absolute atomic E-state index is 11.0. The van der Waals surface area contributed by atoms with Gasteiger partial charge in [-0.05, 0) is 12.8 Å². The van der Waals surface area contributed by atoms with Gasteiger partial charge < -0.3 is 5.11 Å².